The van der Waals surface area contributed by atoms with Gasteiger partial charge in [-0.05, 0) is 73.7 Å². The molecule has 0 aliphatic heterocycles. The van der Waals surface area contributed by atoms with Crippen molar-refractivity contribution >= 4 is 11.6 Å². The molecule has 3 heteroatoms. The number of hydrogen-bond donors (Lipinski definition) is 1. The maximum absolute atomic E-state index is 6.18. The van der Waals surface area contributed by atoms with Crippen LogP contribution in [0, 0.1) is 17.8 Å². The summed E-state index contributed by atoms with van der Waals surface area (Å²) in [5.41, 5.74) is 1.24. The summed E-state index contributed by atoms with van der Waals surface area (Å²) in [5, 5.41) is 4.58. The third kappa shape index (κ3) is 3.22. The number of rotatable bonds is 7. The van der Waals surface area contributed by atoms with Gasteiger partial charge in [-0.15, -0.1) is 0 Å². The standard InChI is InChI=1S/C18H26ClNO/c1-3-9-20-16(18-14-5-4-6-15(14)18)11-12-10-13(19)7-8-17(12)21-2/h7-8,10,14-16,18,20H,3-6,9,11H2,1-2H3. The molecular formula is C18H26ClNO. The molecule has 0 amide bonds. The molecule has 3 rings (SSSR count). The second-order valence-electron chi connectivity index (χ2n) is 6.56. The van der Waals surface area contributed by atoms with Crippen LogP contribution in [0.5, 0.6) is 5.75 Å². The lowest BCUT2D eigenvalue weighted by Gasteiger charge is -2.22. The smallest absolute Gasteiger partial charge is 0.122 e. The first kappa shape index (κ1) is 15.2. The quantitative estimate of drug-likeness (QED) is 0.810. The Morgan fingerprint density at radius 2 is 2.10 bits per heavy atom. The van der Waals surface area contributed by atoms with E-state index in [1.807, 2.05) is 12.1 Å². The maximum atomic E-state index is 6.18. The topological polar surface area (TPSA) is 21.3 Å². The minimum atomic E-state index is 0.576. The highest BCUT2D eigenvalue weighted by Gasteiger charge is 2.55. The first-order valence-electron chi connectivity index (χ1n) is 8.30. The third-order valence-corrected chi connectivity index (χ3v) is 5.51. The van der Waals surface area contributed by atoms with Crippen molar-refractivity contribution in [2.24, 2.45) is 17.8 Å². The molecule has 2 aliphatic rings. The lowest BCUT2D eigenvalue weighted by molar-refractivity contribution is 0.383. The molecule has 1 aromatic rings. The average molecular weight is 308 g/mol. The predicted octanol–water partition coefficient (Wildman–Crippen LogP) is 4.31. The number of nitrogens with one attached hydrogen (secondary N) is 1. The molecule has 2 saturated carbocycles. The van der Waals surface area contributed by atoms with Gasteiger partial charge in [0.2, 0.25) is 0 Å². The SMILES string of the molecule is CCCNC(Cc1cc(Cl)ccc1OC)C1C2CCCC21. The highest BCUT2D eigenvalue weighted by Crippen LogP contribution is 2.59. The van der Waals surface area contributed by atoms with E-state index in [1.165, 1.54) is 31.2 Å². The van der Waals surface area contributed by atoms with E-state index < -0.39 is 0 Å². The number of hydrogen-bond acceptors (Lipinski definition) is 2. The van der Waals surface area contributed by atoms with Gasteiger partial charge >= 0.3 is 0 Å². The van der Waals surface area contributed by atoms with Gasteiger partial charge in [-0.3, -0.25) is 0 Å². The Balaban J connectivity index is 1.73. The van der Waals surface area contributed by atoms with Crippen molar-refractivity contribution in [2.75, 3.05) is 13.7 Å². The van der Waals surface area contributed by atoms with Gasteiger partial charge in [-0.2, -0.15) is 0 Å². The van der Waals surface area contributed by atoms with Crippen LogP contribution in [0.25, 0.3) is 0 Å². The zero-order valence-corrected chi connectivity index (χ0v) is 13.8. The molecule has 0 radical (unpaired) electrons. The number of benzene rings is 1. The minimum absolute atomic E-state index is 0.576. The van der Waals surface area contributed by atoms with Crippen LogP contribution in [0.1, 0.15) is 38.2 Å². The van der Waals surface area contributed by atoms with Crippen molar-refractivity contribution in [3.05, 3.63) is 28.8 Å². The Hall–Kier alpha value is -0.730. The molecule has 116 valence electrons. The van der Waals surface area contributed by atoms with Gasteiger partial charge in [0.25, 0.3) is 0 Å². The summed E-state index contributed by atoms with van der Waals surface area (Å²) >= 11 is 6.18. The molecule has 21 heavy (non-hydrogen) atoms. The normalized spacial score (nSPS) is 28.2. The van der Waals surface area contributed by atoms with Crippen LogP contribution in [-0.4, -0.2) is 19.7 Å². The highest BCUT2D eigenvalue weighted by molar-refractivity contribution is 6.30. The zero-order chi connectivity index (χ0) is 14.8. The molecule has 2 nitrogen and oxygen atoms in total. The lowest BCUT2D eigenvalue weighted by atomic mass is 9.96. The molecule has 2 fully saturated rings. The van der Waals surface area contributed by atoms with E-state index in [2.05, 4.69) is 18.3 Å². The highest BCUT2D eigenvalue weighted by atomic mass is 35.5. The second-order valence-corrected chi connectivity index (χ2v) is 6.99. The summed E-state index contributed by atoms with van der Waals surface area (Å²) in [6, 6.07) is 6.54. The number of ether oxygens (including phenoxy) is 1. The van der Waals surface area contributed by atoms with Crippen molar-refractivity contribution in [1.82, 2.24) is 5.32 Å². The van der Waals surface area contributed by atoms with Crippen LogP contribution in [0.4, 0.5) is 0 Å². The van der Waals surface area contributed by atoms with Crippen molar-refractivity contribution in [2.45, 2.75) is 45.1 Å². The van der Waals surface area contributed by atoms with Gasteiger partial charge < -0.3 is 10.1 Å². The van der Waals surface area contributed by atoms with Gasteiger partial charge in [0.1, 0.15) is 5.75 Å². The Labute approximate surface area is 133 Å². The van der Waals surface area contributed by atoms with Crippen LogP contribution >= 0.6 is 11.6 Å². The van der Waals surface area contributed by atoms with Crippen LogP contribution < -0.4 is 10.1 Å². The van der Waals surface area contributed by atoms with E-state index in [4.69, 9.17) is 16.3 Å². The monoisotopic (exact) mass is 307 g/mol. The molecule has 0 spiro atoms. The first-order chi connectivity index (χ1) is 10.2. The van der Waals surface area contributed by atoms with Crippen molar-refractivity contribution in [3.63, 3.8) is 0 Å². The number of methoxy groups -OCH3 is 1. The van der Waals surface area contributed by atoms with Crippen molar-refractivity contribution in [3.8, 4) is 5.75 Å². The first-order valence-corrected chi connectivity index (χ1v) is 8.68. The third-order valence-electron chi connectivity index (χ3n) is 5.28. The molecule has 0 saturated heterocycles. The van der Waals surface area contributed by atoms with E-state index in [-0.39, 0.29) is 0 Å². The Morgan fingerprint density at radius 1 is 1.33 bits per heavy atom. The van der Waals surface area contributed by atoms with Gasteiger partial charge in [0.15, 0.2) is 0 Å². The predicted molar refractivity (Wildman–Crippen MR) is 88.1 cm³/mol. The average Bonchev–Trinajstić information content (AvgIpc) is 2.95. The molecule has 0 bridgehead atoms. The lowest BCUT2D eigenvalue weighted by Crippen LogP contribution is -2.35. The zero-order valence-electron chi connectivity index (χ0n) is 13.1. The molecular weight excluding hydrogens is 282 g/mol. The van der Waals surface area contributed by atoms with E-state index in [0.717, 1.165) is 41.5 Å². The number of fused-ring (bicyclic) bond motifs is 1. The fraction of sp³-hybridized carbons (Fsp3) is 0.667. The van der Waals surface area contributed by atoms with Gasteiger partial charge in [-0.1, -0.05) is 24.9 Å². The summed E-state index contributed by atoms with van der Waals surface area (Å²) in [5.74, 6) is 3.79. The fourth-order valence-corrected chi connectivity index (χ4v) is 4.49. The second kappa shape index (κ2) is 6.58. The Kier molecular flexibility index (Phi) is 4.75. The largest absolute Gasteiger partial charge is 0.496 e. The molecule has 1 N–H and O–H groups in total. The molecule has 3 atom stereocenters. The minimum Gasteiger partial charge on any atom is -0.496 e. The van der Waals surface area contributed by atoms with Gasteiger partial charge in [-0.25, -0.2) is 0 Å². The summed E-state index contributed by atoms with van der Waals surface area (Å²) in [7, 11) is 1.74. The van der Waals surface area contributed by atoms with Crippen LogP contribution in [-0.2, 0) is 6.42 Å². The van der Waals surface area contributed by atoms with Crippen molar-refractivity contribution < 1.29 is 4.74 Å². The van der Waals surface area contributed by atoms with E-state index in [0.29, 0.717) is 6.04 Å². The van der Waals surface area contributed by atoms with Crippen LogP contribution in [0.15, 0.2) is 18.2 Å². The molecule has 2 aliphatic carbocycles. The Bertz CT molecular complexity index is 480. The Morgan fingerprint density at radius 3 is 2.76 bits per heavy atom. The van der Waals surface area contributed by atoms with Crippen molar-refractivity contribution in [1.29, 1.82) is 0 Å². The molecule has 1 aromatic carbocycles. The molecule has 0 aromatic heterocycles. The molecule has 0 heterocycles. The van der Waals surface area contributed by atoms with Gasteiger partial charge in [0, 0.05) is 11.1 Å². The van der Waals surface area contributed by atoms with E-state index in [1.54, 1.807) is 7.11 Å². The fourth-order valence-electron chi connectivity index (χ4n) is 4.29. The van der Waals surface area contributed by atoms with Gasteiger partial charge in [0.05, 0.1) is 7.11 Å². The summed E-state index contributed by atoms with van der Waals surface area (Å²) in [4.78, 5) is 0. The molecule has 3 unspecified atom stereocenters. The summed E-state index contributed by atoms with van der Waals surface area (Å²) in [6.45, 7) is 3.33. The summed E-state index contributed by atoms with van der Waals surface area (Å²) in [6.07, 6.45) is 6.53. The maximum Gasteiger partial charge on any atom is 0.122 e. The van der Waals surface area contributed by atoms with Crippen LogP contribution in [0.3, 0.4) is 0 Å². The number of halogens is 1. The van der Waals surface area contributed by atoms with E-state index >= 15 is 0 Å². The summed E-state index contributed by atoms with van der Waals surface area (Å²) < 4.78 is 5.51. The van der Waals surface area contributed by atoms with E-state index in [9.17, 15) is 0 Å². The van der Waals surface area contributed by atoms with Crippen LogP contribution in [0.2, 0.25) is 5.02 Å².